The van der Waals surface area contributed by atoms with Crippen LogP contribution in [0.25, 0.3) is 0 Å². The molecule has 2 rings (SSSR count). The van der Waals surface area contributed by atoms with Gasteiger partial charge in [-0.15, -0.1) is 0 Å². The van der Waals surface area contributed by atoms with Crippen LogP contribution in [-0.4, -0.2) is 19.6 Å². The molecule has 1 fully saturated rings. The summed E-state index contributed by atoms with van der Waals surface area (Å²) in [5.41, 5.74) is 1.91. The van der Waals surface area contributed by atoms with Gasteiger partial charge in [0.05, 0.1) is 0 Å². The van der Waals surface area contributed by atoms with Crippen molar-refractivity contribution in [1.82, 2.24) is 5.32 Å². The molecular weight excluding hydrogens is 234 g/mol. The summed E-state index contributed by atoms with van der Waals surface area (Å²) in [5, 5.41) is 6.66. The first-order valence-corrected chi connectivity index (χ1v) is 6.40. The van der Waals surface area contributed by atoms with Crippen LogP contribution < -0.4 is 10.6 Å². The number of halogens is 2. The molecule has 0 radical (unpaired) electrons. The highest BCUT2D eigenvalue weighted by molar-refractivity contribution is 5.52. The SMILES string of the molecule is Cc1cc(C(C)(F)F)ccc1NCC1CCNC1. The van der Waals surface area contributed by atoms with Gasteiger partial charge < -0.3 is 10.6 Å². The van der Waals surface area contributed by atoms with Crippen LogP contribution in [0.5, 0.6) is 0 Å². The normalized spacial score (nSPS) is 20.1. The van der Waals surface area contributed by atoms with Crippen LogP contribution in [0, 0.1) is 12.8 Å². The Labute approximate surface area is 107 Å². The van der Waals surface area contributed by atoms with Gasteiger partial charge in [-0.25, -0.2) is 8.78 Å². The molecule has 1 atom stereocenters. The number of rotatable bonds is 4. The predicted molar refractivity (Wildman–Crippen MR) is 70.2 cm³/mol. The number of anilines is 1. The van der Waals surface area contributed by atoms with Gasteiger partial charge in [0.1, 0.15) is 0 Å². The second-order valence-electron chi connectivity index (χ2n) is 5.16. The molecule has 1 aliphatic rings. The molecule has 1 unspecified atom stereocenters. The minimum absolute atomic E-state index is 0.0769. The topological polar surface area (TPSA) is 24.1 Å². The molecule has 0 bridgehead atoms. The van der Waals surface area contributed by atoms with Gasteiger partial charge in [-0.1, -0.05) is 6.07 Å². The average Bonchev–Trinajstić information content (AvgIpc) is 2.79. The zero-order valence-corrected chi connectivity index (χ0v) is 10.9. The second-order valence-corrected chi connectivity index (χ2v) is 5.16. The number of hydrogen-bond donors (Lipinski definition) is 2. The fourth-order valence-electron chi connectivity index (χ4n) is 2.28. The van der Waals surface area contributed by atoms with Crippen molar-refractivity contribution >= 4 is 5.69 Å². The van der Waals surface area contributed by atoms with E-state index in [0.29, 0.717) is 5.92 Å². The Morgan fingerprint density at radius 2 is 2.22 bits per heavy atom. The molecule has 4 heteroatoms. The van der Waals surface area contributed by atoms with E-state index in [9.17, 15) is 8.78 Å². The molecule has 18 heavy (non-hydrogen) atoms. The van der Waals surface area contributed by atoms with Gasteiger partial charge in [0.2, 0.25) is 0 Å². The molecule has 0 aliphatic carbocycles. The maximum Gasteiger partial charge on any atom is 0.270 e. The number of benzene rings is 1. The van der Waals surface area contributed by atoms with E-state index in [1.807, 2.05) is 6.92 Å². The lowest BCUT2D eigenvalue weighted by Crippen LogP contribution is -2.17. The Morgan fingerprint density at radius 1 is 1.44 bits per heavy atom. The molecule has 0 aromatic heterocycles. The third-order valence-corrected chi connectivity index (χ3v) is 3.48. The Balaban J connectivity index is 2.01. The van der Waals surface area contributed by atoms with Crippen molar-refractivity contribution in [3.8, 4) is 0 Å². The minimum atomic E-state index is -2.77. The van der Waals surface area contributed by atoms with E-state index in [-0.39, 0.29) is 5.56 Å². The van der Waals surface area contributed by atoms with Gasteiger partial charge in [-0.2, -0.15) is 0 Å². The van der Waals surface area contributed by atoms with Crippen LogP contribution >= 0.6 is 0 Å². The number of hydrogen-bond acceptors (Lipinski definition) is 2. The third-order valence-electron chi connectivity index (χ3n) is 3.48. The van der Waals surface area contributed by atoms with Crippen LogP contribution in [0.1, 0.15) is 24.5 Å². The van der Waals surface area contributed by atoms with Crippen LogP contribution in [0.4, 0.5) is 14.5 Å². The van der Waals surface area contributed by atoms with Gasteiger partial charge in [0.15, 0.2) is 0 Å². The predicted octanol–water partition coefficient (Wildman–Crippen LogP) is 3.13. The van der Waals surface area contributed by atoms with Crippen molar-refractivity contribution in [3.05, 3.63) is 29.3 Å². The summed E-state index contributed by atoms with van der Waals surface area (Å²) in [7, 11) is 0. The maximum absolute atomic E-state index is 13.2. The first-order valence-electron chi connectivity index (χ1n) is 6.40. The van der Waals surface area contributed by atoms with E-state index >= 15 is 0 Å². The van der Waals surface area contributed by atoms with Gasteiger partial charge in [-0.3, -0.25) is 0 Å². The monoisotopic (exact) mass is 254 g/mol. The lowest BCUT2D eigenvalue weighted by molar-refractivity contribution is 0.0174. The third kappa shape index (κ3) is 3.19. The van der Waals surface area contributed by atoms with Crippen LogP contribution in [0.15, 0.2) is 18.2 Å². The largest absolute Gasteiger partial charge is 0.385 e. The van der Waals surface area contributed by atoms with Crippen molar-refractivity contribution in [3.63, 3.8) is 0 Å². The maximum atomic E-state index is 13.2. The Bertz CT molecular complexity index is 407. The minimum Gasteiger partial charge on any atom is -0.385 e. The van der Waals surface area contributed by atoms with Crippen molar-refractivity contribution in [2.75, 3.05) is 25.0 Å². The van der Waals surface area contributed by atoms with Crippen molar-refractivity contribution in [2.24, 2.45) is 5.92 Å². The van der Waals surface area contributed by atoms with Crippen molar-refractivity contribution in [1.29, 1.82) is 0 Å². The smallest absolute Gasteiger partial charge is 0.270 e. The van der Waals surface area contributed by atoms with E-state index in [1.54, 1.807) is 12.1 Å². The van der Waals surface area contributed by atoms with Crippen LogP contribution in [-0.2, 0) is 5.92 Å². The van der Waals surface area contributed by atoms with Crippen molar-refractivity contribution < 1.29 is 8.78 Å². The molecule has 2 N–H and O–H groups in total. The van der Waals surface area contributed by atoms with Crippen LogP contribution in [0.3, 0.4) is 0 Å². The first kappa shape index (κ1) is 13.3. The van der Waals surface area contributed by atoms with E-state index < -0.39 is 5.92 Å². The Kier molecular flexibility index (Phi) is 3.85. The zero-order valence-electron chi connectivity index (χ0n) is 10.9. The molecule has 1 aliphatic heterocycles. The van der Waals surface area contributed by atoms with Crippen molar-refractivity contribution in [2.45, 2.75) is 26.2 Å². The summed E-state index contributed by atoms with van der Waals surface area (Å²) in [5.74, 6) is -2.13. The fourth-order valence-corrected chi connectivity index (χ4v) is 2.28. The summed E-state index contributed by atoms with van der Waals surface area (Å²) >= 11 is 0. The molecule has 0 spiro atoms. The highest BCUT2D eigenvalue weighted by Crippen LogP contribution is 2.29. The molecule has 1 heterocycles. The van der Waals surface area contributed by atoms with Gasteiger partial charge >= 0.3 is 0 Å². The molecule has 2 nitrogen and oxygen atoms in total. The average molecular weight is 254 g/mol. The number of nitrogens with one attached hydrogen (secondary N) is 2. The fraction of sp³-hybridized carbons (Fsp3) is 0.571. The van der Waals surface area contributed by atoms with E-state index in [4.69, 9.17) is 0 Å². The molecule has 100 valence electrons. The zero-order chi connectivity index (χ0) is 13.2. The summed E-state index contributed by atoms with van der Waals surface area (Å²) < 4.78 is 26.3. The molecule has 0 saturated carbocycles. The van der Waals surface area contributed by atoms with Crippen LogP contribution in [0.2, 0.25) is 0 Å². The highest BCUT2D eigenvalue weighted by Gasteiger charge is 2.24. The van der Waals surface area contributed by atoms with Gasteiger partial charge in [-0.05, 0) is 50.0 Å². The Hall–Kier alpha value is -1.16. The summed E-state index contributed by atoms with van der Waals surface area (Å²) in [6.45, 7) is 5.81. The first-order chi connectivity index (χ1) is 8.47. The molecule has 0 amide bonds. The van der Waals surface area contributed by atoms with Gasteiger partial charge in [0.25, 0.3) is 5.92 Å². The van der Waals surface area contributed by atoms with E-state index in [0.717, 1.165) is 37.8 Å². The summed E-state index contributed by atoms with van der Waals surface area (Å²) in [4.78, 5) is 0. The summed E-state index contributed by atoms with van der Waals surface area (Å²) in [6, 6.07) is 4.82. The second kappa shape index (κ2) is 5.22. The standard InChI is InChI=1S/C14H20F2N2/c1-10-7-12(14(2,15)16)3-4-13(10)18-9-11-5-6-17-8-11/h3-4,7,11,17-18H,5-6,8-9H2,1-2H3. The lowest BCUT2D eigenvalue weighted by Gasteiger charge is -2.16. The van der Waals surface area contributed by atoms with E-state index in [1.165, 1.54) is 12.5 Å². The number of alkyl halides is 2. The molecule has 1 aromatic rings. The quantitative estimate of drug-likeness (QED) is 0.862. The molecule has 1 saturated heterocycles. The lowest BCUT2D eigenvalue weighted by atomic mass is 10.0. The Morgan fingerprint density at radius 3 is 2.78 bits per heavy atom. The summed E-state index contributed by atoms with van der Waals surface area (Å²) in [6.07, 6.45) is 1.18. The molecule has 1 aromatic carbocycles. The highest BCUT2D eigenvalue weighted by atomic mass is 19.3. The van der Waals surface area contributed by atoms with E-state index in [2.05, 4.69) is 10.6 Å². The number of aryl methyl sites for hydroxylation is 1. The van der Waals surface area contributed by atoms with Gasteiger partial charge in [0, 0.05) is 24.7 Å². The molecular formula is C14H20F2N2.